The van der Waals surface area contributed by atoms with E-state index in [1.54, 1.807) is 11.8 Å². The first kappa shape index (κ1) is 17.9. The van der Waals surface area contributed by atoms with Crippen molar-refractivity contribution in [1.29, 1.82) is 0 Å². The van der Waals surface area contributed by atoms with Gasteiger partial charge in [-0.3, -0.25) is 4.79 Å². The highest BCUT2D eigenvalue weighted by molar-refractivity contribution is 7.98. The summed E-state index contributed by atoms with van der Waals surface area (Å²) < 4.78 is 0. The highest BCUT2D eigenvalue weighted by Crippen LogP contribution is 2.24. The summed E-state index contributed by atoms with van der Waals surface area (Å²) in [7, 11) is 0. The minimum atomic E-state index is -0.0110. The average Bonchev–Trinajstić information content (AvgIpc) is 2.54. The van der Waals surface area contributed by atoms with Crippen molar-refractivity contribution in [2.45, 2.75) is 37.5 Å². The molecule has 0 aliphatic carbocycles. The zero-order chi connectivity index (χ0) is 16.8. The number of nitrogens with one attached hydrogen (secondary N) is 1. The molecule has 0 aromatic heterocycles. The summed E-state index contributed by atoms with van der Waals surface area (Å²) in [5, 5.41) is 3.77. The summed E-state index contributed by atoms with van der Waals surface area (Å²) in [4.78, 5) is 13.3. The molecule has 0 spiro atoms. The summed E-state index contributed by atoms with van der Waals surface area (Å²) in [5.74, 6) is 1.28. The zero-order valence-corrected chi connectivity index (χ0v) is 15.2. The molecule has 122 valence electrons. The fourth-order valence-electron chi connectivity index (χ4n) is 1.91. The fourth-order valence-corrected chi connectivity index (χ4v) is 2.89. The summed E-state index contributed by atoms with van der Waals surface area (Å²) in [6.45, 7) is 6.23. The molecule has 0 heterocycles. The predicted molar refractivity (Wildman–Crippen MR) is 99.2 cm³/mol. The Morgan fingerprint density at radius 1 is 1.04 bits per heavy atom. The molecule has 2 nitrogen and oxygen atoms in total. The number of halogens is 1. The Labute approximate surface area is 147 Å². The van der Waals surface area contributed by atoms with Crippen LogP contribution >= 0.6 is 23.4 Å². The highest BCUT2D eigenvalue weighted by Gasteiger charge is 2.12. The third-order valence-corrected chi connectivity index (χ3v) is 5.13. The summed E-state index contributed by atoms with van der Waals surface area (Å²) >= 11 is 7.64. The van der Waals surface area contributed by atoms with Gasteiger partial charge in [-0.1, -0.05) is 37.6 Å². The van der Waals surface area contributed by atoms with E-state index in [2.05, 4.69) is 19.2 Å². The number of rotatable bonds is 6. The molecule has 0 saturated heterocycles. The summed E-state index contributed by atoms with van der Waals surface area (Å²) in [5.41, 5.74) is 1.90. The second-order valence-corrected chi connectivity index (χ2v) is 7.43. The molecule has 1 unspecified atom stereocenters. The first-order chi connectivity index (χ1) is 11.0. The number of carbonyl (C=O) groups excluding carboxylic acids is 1. The third-order valence-electron chi connectivity index (χ3n) is 3.79. The van der Waals surface area contributed by atoms with Crippen LogP contribution in [0.25, 0.3) is 0 Å². The lowest BCUT2D eigenvalue weighted by Gasteiger charge is -2.17. The van der Waals surface area contributed by atoms with Crippen LogP contribution in [0.4, 0.5) is 0 Å². The van der Waals surface area contributed by atoms with E-state index < -0.39 is 0 Å². The Hall–Kier alpha value is -1.45. The van der Waals surface area contributed by atoms with Crippen molar-refractivity contribution in [1.82, 2.24) is 5.32 Å². The van der Waals surface area contributed by atoms with Crippen molar-refractivity contribution in [2.75, 3.05) is 0 Å². The lowest BCUT2D eigenvalue weighted by Crippen LogP contribution is -2.36. The molecule has 0 aliphatic rings. The predicted octanol–water partition coefficient (Wildman–Crippen LogP) is 5.41. The highest BCUT2D eigenvalue weighted by atomic mass is 35.5. The van der Waals surface area contributed by atoms with Crippen molar-refractivity contribution in [2.24, 2.45) is 5.92 Å². The molecule has 1 amide bonds. The lowest BCUT2D eigenvalue weighted by atomic mass is 10.1. The second kappa shape index (κ2) is 8.42. The number of hydrogen-bond acceptors (Lipinski definition) is 2. The maximum Gasteiger partial charge on any atom is 0.251 e. The molecule has 0 fully saturated rings. The Bertz CT molecular complexity index is 637. The first-order valence-corrected chi connectivity index (χ1v) is 9.10. The molecule has 4 heteroatoms. The van der Waals surface area contributed by atoms with E-state index in [-0.39, 0.29) is 11.9 Å². The molecule has 2 aromatic carbocycles. The van der Waals surface area contributed by atoms with Gasteiger partial charge in [-0.2, -0.15) is 0 Å². The largest absolute Gasteiger partial charge is 0.349 e. The van der Waals surface area contributed by atoms with Gasteiger partial charge in [0.05, 0.1) is 0 Å². The Kier molecular flexibility index (Phi) is 6.55. The second-order valence-electron chi connectivity index (χ2n) is 5.95. The quantitative estimate of drug-likeness (QED) is 0.708. The monoisotopic (exact) mass is 347 g/mol. The van der Waals surface area contributed by atoms with Crippen LogP contribution in [0.2, 0.25) is 5.02 Å². The van der Waals surface area contributed by atoms with Crippen molar-refractivity contribution >= 4 is 29.3 Å². The smallest absolute Gasteiger partial charge is 0.251 e. The molecule has 0 radical (unpaired) electrons. The number of carbonyl (C=O) groups is 1. The fraction of sp³-hybridized carbons (Fsp3) is 0.316. The van der Waals surface area contributed by atoms with Gasteiger partial charge in [0.1, 0.15) is 0 Å². The van der Waals surface area contributed by atoms with Crippen molar-refractivity contribution in [3.63, 3.8) is 0 Å². The van der Waals surface area contributed by atoms with Crippen LogP contribution in [0.15, 0.2) is 53.4 Å². The maximum absolute atomic E-state index is 12.2. The maximum atomic E-state index is 12.2. The standard InChI is InChI=1S/C19H22ClNOS/c1-13(2)14(3)21-19(22)16-6-4-15(5-7-16)12-23-18-10-8-17(20)9-11-18/h4-11,13-14H,12H2,1-3H3,(H,21,22). The van der Waals surface area contributed by atoms with E-state index in [4.69, 9.17) is 11.6 Å². The molecular weight excluding hydrogens is 326 g/mol. The topological polar surface area (TPSA) is 29.1 Å². The number of benzene rings is 2. The zero-order valence-electron chi connectivity index (χ0n) is 13.7. The Balaban J connectivity index is 1.91. The number of hydrogen-bond donors (Lipinski definition) is 1. The Morgan fingerprint density at radius 2 is 1.65 bits per heavy atom. The minimum Gasteiger partial charge on any atom is -0.349 e. The van der Waals surface area contributed by atoms with Crippen molar-refractivity contribution in [3.8, 4) is 0 Å². The van der Waals surface area contributed by atoms with Crippen LogP contribution in [-0.4, -0.2) is 11.9 Å². The van der Waals surface area contributed by atoms with E-state index in [0.717, 1.165) is 10.8 Å². The SMILES string of the molecule is CC(C)C(C)NC(=O)c1ccc(CSc2ccc(Cl)cc2)cc1. The molecule has 0 aliphatic heterocycles. The van der Waals surface area contributed by atoms with Gasteiger partial charge in [-0.05, 0) is 54.8 Å². The van der Waals surface area contributed by atoms with Crippen LogP contribution in [0.1, 0.15) is 36.7 Å². The van der Waals surface area contributed by atoms with Gasteiger partial charge in [-0.15, -0.1) is 11.8 Å². The van der Waals surface area contributed by atoms with Gasteiger partial charge in [0, 0.05) is 27.3 Å². The van der Waals surface area contributed by atoms with Gasteiger partial charge >= 0.3 is 0 Å². The van der Waals surface area contributed by atoms with Gasteiger partial charge in [0.15, 0.2) is 0 Å². The average molecular weight is 348 g/mol. The van der Waals surface area contributed by atoms with Gasteiger partial charge in [0.25, 0.3) is 5.91 Å². The summed E-state index contributed by atoms with van der Waals surface area (Å²) in [6.07, 6.45) is 0. The van der Waals surface area contributed by atoms with E-state index in [1.165, 1.54) is 10.5 Å². The van der Waals surface area contributed by atoms with E-state index >= 15 is 0 Å². The molecular formula is C19H22ClNOS. The molecule has 0 bridgehead atoms. The van der Waals surface area contributed by atoms with Crippen LogP contribution < -0.4 is 5.32 Å². The Morgan fingerprint density at radius 3 is 2.22 bits per heavy atom. The van der Waals surface area contributed by atoms with E-state index in [1.807, 2.05) is 55.5 Å². The molecule has 1 N–H and O–H groups in total. The van der Waals surface area contributed by atoms with Crippen LogP contribution in [0.5, 0.6) is 0 Å². The number of amides is 1. The third kappa shape index (κ3) is 5.60. The van der Waals surface area contributed by atoms with Crippen LogP contribution in [0, 0.1) is 5.92 Å². The lowest BCUT2D eigenvalue weighted by molar-refractivity contribution is 0.0930. The molecule has 0 saturated carbocycles. The van der Waals surface area contributed by atoms with Crippen molar-refractivity contribution < 1.29 is 4.79 Å². The molecule has 23 heavy (non-hydrogen) atoms. The van der Waals surface area contributed by atoms with Crippen molar-refractivity contribution in [3.05, 3.63) is 64.7 Å². The summed E-state index contributed by atoms with van der Waals surface area (Å²) in [6, 6.07) is 15.8. The van der Waals surface area contributed by atoms with Gasteiger partial charge in [0.2, 0.25) is 0 Å². The van der Waals surface area contributed by atoms with E-state index in [9.17, 15) is 4.79 Å². The van der Waals surface area contributed by atoms with Gasteiger partial charge in [-0.25, -0.2) is 0 Å². The normalized spacial score (nSPS) is 12.2. The van der Waals surface area contributed by atoms with Crippen LogP contribution in [0.3, 0.4) is 0 Å². The van der Waals surface area contributed by atoms with E-state index in [0.29, 0.717) is 11.5 Å². The minimum absolute atomic E-state index is 0.0110. The first-order valence-electron chi connectivity index (χ1n) is 7.74. The van der Waals surface area contributed by atoms with Crippen LogP contribution in [-0.2, 0) is 5.75 Å². The molecule has 2 aromatic rings. The molecule has 1 atom stereocenters. The number of thioether (sulfide) groups is 1. The molecule has 2 rings (SSSR count). The van der Waals surface area contributed by atoms with Gasteiger partial charge < -0.3 is 5.32 Å².